The summed E-state index contributed by atoms with van der Waals surface area (Å²) in [6, 6.07) is 10.9. The van der Waals surface area contributed by atoms with Crippen LogP contribution >= 0.6 is 15.9 Å². The van der Waals surface area contributed by atoms with Gasteiger partial charge in [0, 0.05) is 6.54 Å². The van der Waals surface area contributed by atoms with Gasteiger partial charge in [-0.2, -0.15) is 0 Å². The molecule has 2 aromatic rings. The highest BCUT2D eigenvalue weighted by atomic mass is 79.9. The van der Waals surface area contributed by atoms with Crippen molar-refractivity contribution in [2.45, 2.75) is 19.5 Å². The SMILES string of the molecule is COc1ccc(CN(C(=O)O)C(C)c2cccc(F)c2)cc1Br. The van der Waals surface area contributed by atoms with E-state index < -0.39 is 12.1 Å². The number of ether oxygens (including phenoxy) is 1. The predicted molar refractivity (Wildman–Crippen MR) is 89.1 cm³/mol. The van der Waals surface area contributed by atoms with Gasteiger partial charge in [-0.3, -0.25) is 4.90 Å². The number of rotatable bonds is 5. The van der Waals surface area contributed by atoms with Crippen molar-refractivity contribution in [1.82, 2.24) is 4.90 Å². The Kier molecular flexibility index (Phi) is 5.60. The summed E-state index contributed by atoms with van der Waals surface area (Å²) in [5.41, 5.74) is 1.42. The number of nitrogens with zero attached hydrogens (tertiary/aromatic N) is 1. The lowest BCUT2D eigenvalue weighted by molar-refractivity contribution is 0.124. The highest BCUT2D eigenvalue weighted by Crippen LogP contribution is 2.28. The van der Waals surface area contributed by atoms with E-state index in [1.807, 2.05) is 6.07 Å². The molecule has 0 fully saturated rings. The first-order valence-corrected chi connectivity index (χ1v) is 7.79. The Balaban J connectivity index is 2.25. The molecular weight excluding hydrogens is 365 g/mol. The molecular formula is C17H17BrFNO3. The Hall–Kier alpha value is -2.08. The molecule has 1 unspecified atom stereocenters. The van der Waals surface area contributed by atoms with E-state index in [-0.39, 0.29) is 12.4 Å². The minimum absolute atomic E-state index is 0.190. The van der Waals surface area contributed by atoms with Gasteiger partial charge in [-0.1, -0.05) is 18.2 Å². The fourth-order valence-electron chi connectivity index (χ4n) is 2.32. The van der Waals surface area contributed by atoms with Crippen molar-refractivity contribution < 1.29 is 19.0 Å². The molecule has 2 aromatic carbocycles. The summed E-state index contributed by atoms with van der Waals surface area (Å²) in [5, 5.41) is 9.50. The maximum absolute atomic E-state index is 13.4. The lowest BCUT2D eigenvalue weighted by Crippen LogP contribution is -2.31. The van der Waals surface area contributed by atoms with Crippen LogP contribution < -0.4 is 4.74 Å². The van der Waals surface area contributed by atoms with Crippen molar-refractivity contribution in [3.8, 4) is 5.75 Å². The minimum Gasteiger partial charge on any atom is -0.496 e. The third kappa shape index (κ3) is 4.22. The molecule has 4 nitrogen and oxygen atoms in total. The van der Waals surface area contributed by atoms with Gasteiger partial charge in [-0.05, 0) is 58.2 Å². The summed E-state index contributed by atoms with van der Waals surface area (Å²) in [4.78, 5) is 12.9. The minimum atomic E-state index is -1.06. The van der Waals surface area contributed by atoms with Crippen molar-refractivity contribution >= 4 is 22.0 Å². The van der Waals surface area contributed by atoms with Gasteiger partial charge < -0.3 is 9.84 Å². The standard InChI is InChI=1S/C17H17BrFNO3/c1-11(13-4-3-5-14(19)9-13)20(17(21)22)10-12-6-7-16(23-2)15(18)8-12/h3-9,11H,10H2,1-2H3,(H,21,22). The average Bonchev–Trinajstić information content (AvgIpc) is 2.52. The highest BCUT2D eigenvalue weighted by Gasteiger charge is 2.21. The van der Waals surface area contributed by atoms with Gasteiger partial charge in [-0.15, -0.1) is 0 Å². The molecule has 0 aromatic heterocycles. The second-order valence-electron chi connectivity index (χ2n) is 5.11. The average molecular weight is 382 g/mol. The number of benzene rings is 2. The fourth-order valence-corrected chi connectivity index (χ4v) is 2.91. The van der Waals surface area contributed by atoms with E-state index in [4.69, 9.17) is 4.74 Å². The van der Waals surface area contributed by atoms with Crippen LogP contribution in [0.4, 0.5) is 9.18 Å². The summed E-state index contributed by atoms with van der Waals surface area (Å²) in [7, 11) is 1.56. The molecule has 122 valence electrons. The monoisotopic (exact) mass is 381 g/mol. The molecule has 0 aliphatic carbocycles. The molecule has 0 spiro atoms. The van der Waals surface area contributed by atoms with Crippen LogP contribution in [0.1, 0.15) is 24.1 Å². The van der Waals surface area contributed by atoms with E-state index in [0.29, 0.717) is 11.3 Å². The van der Waals surface area contributed by atoms with E-state index in [1.54, 1.807) is 38.3 Å². The second-order valence-corrected chi connectivity index (χ2v) is 5.96. The summed E-state index contributed by atoms with van der Waals surface area (Å²) in [5.74, 6) is 0.292. The lowest BCUT2D eigenvalue weighted by atomic mass is 10.1. The van der Waals surface area contributed by atoms with Gasteiger partial charge in [0.15, 0.2) is 0 Å². The summed E-state index contributed by atoms with van der Waals surface area (Å²) in [6.45, 7) is 1.93. The second kappa shape index (κ2) is 7.46. The number of hydrogen-bond donors (Lipinski definition) is 1. The number of amides is 1. The lowest BCUT2D eigenvalue weighted by Gasteiger charge is -2.27. The first-order chi connectivity index (χ1) is 10.9. The van der Waals surface area contributed by atoms with Crippen LogP contribution in [0, 0.1) is 5.82 Å². The van der Waals surface area contributed by atoms with Gasteiger partial charge in [0.25, 0.3) is 0 Å². The van der Waals surface area contributed by atoms with E-state index in [2.05, 4.69) is 15.9 Å². The van der Waals surface area contributed by atoms with Gasteiger partial charge in [0.05, 0.1) is 17.6 Å². The van der Waals surface area contributed by atoms with Crippen molar-refractivity contribution in [3.63, 3.8) is 0 Å². The van der Waals surface area contributed by atoms with Crippen LogP contribution in [-0.2, 0) is 6.54 Å². The topological polar surface area (TPSA) is 49.8 Å². The maximum atomic E-state index is 13.4. The van der Waals surface area contributed by atoms with Crippen molar-refractivity contribution in [1.29, 1.82) is 0 Å². The molecule has 0 bridgehead atoms. The van der Waals surface area contributed by atoms with Gasteiger partial charge in [0.1, 0.15) is 11.6 Å². The summed E-state index contributed by atoms with van der Waals surface area (Å²) >= 11 is 3.39. The zero-order chi connectivity index (χ0) is 17.0. The molecule has 0 heterocycles. The van der Waals surface area contributed by atoms with Crippen molar-refractivity contribution in [3.05, 3.63) is 63.9 Å². The highest BCUT2D eigenvalue weighted by molar-refractivity contribution is 9.10. The number of methoxy groups -OCH3 is 1. The van der Waals surface area contributed by atoms with Crippen molar-refractivity contribution in [2.24, 2.45) is 0 Å². The molecule has 0 saturated heterocycles. The van der Waals surface area contributed by atoms with E-state index in [1.165, 1.54) is 17.0 Å². The van der Waals surface area contributed by atoms with E-state index in [9.17, 15) is 14.3 Å². The molecule has 6 heteroatoms. The Labute approximate surface area is 142 Å². The number of carboxylic acid groups (broad SMARTS) is 1. The van der Waals surface area contributed by atoms with Crippen LogP contribution in [0.3, 0.4) is 0 Å². The van der Waals surface area contributed by atoms with Crippen LogP contribution in [0.15, 0.2) is 46.9 Å². The molecule has 1 amide bonds. The Bertz CT molecular complexity index is 708. The zero-order valence-electron chi connectivity index (χ0n) is 12.8. The molecule has 0 radical (unpaired) electrons. The number of carbonyl (C=O) groups is 1. The Morgan fingerprint density at radius 1 is 1.35 bits per heavy atom. The van der Waals surface area contributed by atoms with Gasteiger partial charge in [-0.25, -0.2) is 9.18 Å². The molecule has 1 N–H and O–H groups in total. The first kappa shape index (κ1) is 17.3. The normalized spacial score (nSPS) is 11.8. The van der Waals surface area contributed by atoms with E-state index in [0.717, 1.165) is 10.0 Å². The van der Waals surface area contributed by atoms with Crippen LogP contribution in [-0.4, -0.2) is 23.2 Å². The smallest absolute Gasteiger partial charge is 0.408 e. The quantitative estimate of drug-likeness (QED) is 0.805. The molecule has 0 saturated carbocycles. The molecule has 1 atom stereocenters. The maximum Gasteiger partial charge on any atom is 0.408 e. The Morgan fingerprint density at radius 2 is 2.09 bits per heavy atom. The largest absolute Gasteiger partial charge is 0.496 e. The summed E-state index contributed by atoms with van der Waals surface area (Å²) < 4.78 is 19.3. The van der Waals surface area contributed by atoms with Crippen LogP contribution in [0.5, 0.6) is 5.75 Å². The fraction of sp³-hybridized carbons (Fsp3) is 0.235. The third-order valence-corrected chi connectivity index (χ3v) is 4.23. The molecule has 0 aliphatic heterocycles. The first-order valence-electron chi connectivity index (χ1n) is 7.00. The van der Waals surface area contributed by atoms with E-state index >= 15 is 0 Å². The van der Waals surface area contributed by atoms with Crippen LogP contribution in [0.2, 0.25) is 0 Å². The molecule has 0 aliphatic rings. The summed E-state index contributed by atoms with van der Waals surface area (Å²) in [6.07, 6.45) is -1.06. The van der Waals surface area contributed by atoms with Gasteiger partial charge in [0.2, 0.25) is 0 Å². The van der Waals surface area contributed by atoms with Gasteiger partial charge >= 0.3 is 6.09 Å². The third-order valence-electron chi connectivity index (χ3n) is 3.61. The predicted octanol–water partition coefficient (Wildman–Crippen LogP) is 4.84. The van der Waals surface area contributed by atoms with Crippen LogP contribution in [0.25, 0.3) is 0 Å². The zero-order valence-corrected chi connectivity index (χ0v) is 14.4. The number of hydrogen-bond acceptors (Lipinski definition) is 2. The Morgan fingerprint density at radius 3 is 2.65 bits per heavy atom. The molecule has 2 rings (SSSR count). The molecule has 23 heavy (non-hydrogen) atoms. The number of halogens is 2. The van der Waals surface area contributed by atoms with Crippen molar-refractivity contribution in [2.75, 3.05) is 7.11 Å².